The topological polar surface area (TPSA) is 81.8 Å². The Morgan fingerprint density at radius 1 is 1.48 bits per heavy atom. The first-order valence-electron chi connectivity index (χ1n) is 7.59. The lowest BCUT2D eigenvalue weighted by Crippen LogP contribution is -2.27. The van der Waals surface area contributed by atoms with Gasteiger partial charge in [0.25, 0.3) is 5.56 Å². The fourth-order valence-corrected chi connectivity index (χ4v) is 2.94. The molecular formula is C15H21N5O2S. The summed E-state index contributed by atoms with van der Waals surface area (Å²) in [4.78, 5) is 28.9. The molecule has 1 amide bonds. The van der Waals surface area contributed by atoms with Crippen molar-refractivity contribution in [2.24, 2.45) is 0 Å². The number of aryl methyl sites for hydroxylation is 1. The maximum absolute atomic E-state index is 12.6. The molecule has 2 aromatic rings. The van der Waals surface area contributed by atoms with Crippen LogP contribution in [0, 0.1) is 0 Å². The highest BCUT2D eigenvalue weighted by atomic mass is 32.2. The molecule has 0 saturated heterocycles. The van der Waals surface area contributed by atoms with E-state index < -0.39 is 0 Å². The van der Waals surface area contributed by atoms with Crippen LogP contribution in [-0.2, 0) is 17.9 Å². The zero-order valence-corrected chi connectivity index (χ0v) is 14.2. The number of hydrogen-bond donors (Lipinski definition) is 1. The first kappa shape index (κ1) is 17.3. The number of rotatable bonds is 8. The summed E-state index contributed by atoms with van der Waals surface area (Å²) in [5.74, 6) is 0.0915. The second-order valence-electron chi connectivity index (χ2n) is 4.95. The highest BCUT2D eigenvalue weighted by Crippen LogP contribution is 2.17. The third kappa shape index (κ3) is 4.01. The molecule has 124 valence electrons. The summed E-state index contributed by atoms with van der Waals surface area (Å²) in [5, 5.41) is 7.53. The molecule has 0 aliphatic rings. The lowest BCUT2D eigenvalue weighted by atomic mass is 10.4. The van der Waals surface area contributed by atoms with E-state index in [4.69, 9.17) is 0 Å². The predicted octanol–water partition coefficient (Wildman–Crippen LogP) is 1.42. The van der Waals surface area contributed by atoms with Crippen LogP contribution in [0.15, 0.2) is 28.8 Å². The van der Waals surface area contributed by atoms with E-state index in [0.717, 1.165) is 6.42 Å². The Labute approximate surface area is 138 Å². The van der Waals surface area contributed by atoms with E-state index in [1.807, 2.05) is 13.8 Å². The van der Waals surface area contributed by atoms with Crippen molar-refractivity contribution in [3.8, 4) is 0 Å². The monoisotopic (exact) mass is 335 g/mol. The van der Waals surface area contributed by atoms with Crippen LogP contribution in [0.3, 0.4) is 0 Å². The minimum Gasteiger partial charge on any atom is -0.352 e. The first-order valence-corrected chi connectivity index (χ1v) is 8.57. The Morgan fingerprint density at radius 3 is 2.91 bits per heavy atom. The number of aromatic nitrogens is 4. The maximum atomic E-state index is 12.6. The van der Waals surface area contributed by atoms with E-state index in [2.05, 4.69) is 22.0 Å². The molecule has 8 heteroatoms. The summed E-state index contributed by atoms with van der Waals surface area (Å²) in [6, 6.07) is 0. The molecule has 23 heavy (non-hydrogen) atoms. The quantitative estimate of drug-likeness (QED) is 0.448. The van der Waals surface area contributed by atoms with Crippen molar-refractivity contribution < 1.29 is 4.79 Å². The number of thioether (sulfide) groups is 1. The number of carbonyl (C=O) groups is 1. The van der Waals surface area contributed by atoms with Crippen LogP contribution in [-0.4, -0.2) is 37.5 Å². The Hall–Kier alpha value is -2.09. The van der Waals surface area contributed by atoms with Crippen molar-refractivity contribution in [3.05, 3.63) is 29.2 Å². The number of fused-ring (bicyclic) bond motifs is 1. The summed E-state index contributed by atoms with van der Waals surface area (Å²) in [7, 11) is 0. The van der Waals surface area contributed by atoms with Gasteiger partial charge >= 0.3 is 0 Å². The number of nitrogens with zero attached hydrogens (tertiary/aromatic N) is 4. The van der Waals surface area contributed by atoms with Crippen LogP contribution in [0.2, 0.25) is 0 Å². The fourth-order valence-electron chi connectivity index (χ4n) is 2.08. The zero-order chi connectivity index (χ0) is 16.8. The largest absolute Gasteiger partial charge is 0.352 e. The van der Waals surface area contributed by atoms with Gasteiger partial charge in [0.05, 0.1) is 11.9 Å². The van der Waals surface area contributed by atoms with Crippen LogP contribution < -0.4 is 10.9 Å². The molecule has 0 radical (unpaired) electrons. The van der Waals surface area contributed by atoms with Gasteiger partial charge in [-0.1, -0.05) is 24.8 Å². The summed E-state index contributed by atoms with van der Waals surface area (Å²) < 4.78 is 3.29. The predicted molar refractivity (Wildman–Crippen MR) is 91.7 cm³/mol. The summed E-state index contributed by atoms with van der Waals surface area (Å²) >= 11 is 1.26. The molecule has 0 fully saturated rings. The van der Waals surface area contributed by atoms with Crippen molar-refractivity contribution in [1.82, 2.24) is 24.6 Å². The summed E-state index contributed by atoms with van der Waals surface area (Å²) in [6.07, 6.45) is 4.19. The van der Waals surface area contributed by atoms with Gasteiger partial charge in [-0.25, -0.2) is 4.98 Å². The van der Waals surface area contributed by atoms with Crippen LogP contribution >= 0.6 is 11.8 Å². The van der Waals surface area contributed by atoms with Gasteiger partial charge in [-0.3, -0.25) is 18.8 Å². The molecule has 2 aromatic heterocycles. The Morgan fingerprint density at radius 2 is 2.26 bits per heavy atom. The molecule has 0 atom stereocenters. The molecule has 0 saturated carbocycles. The van der Waals surface area contributed by atoms with Crippen molar-refractivity contribution in [3.63, 3.8) is 0 Å². The van der Waals surface area contributed by atoms with Gasteiger partial charge in [-0.15, -0.1) is 6.58 Å². The third-order valence-electron chi connectivity index (χ3n) is 3.18. The standard InChI is InChI=1S/C15H21N5O2S/c1-4-7-16-12(21)10-23-15-17-11-9-19(6-3)18-13(11)14(22)20(15)8-5-2/h4,9H,1,5-8,10H2,2-3H3,(H,16,21). The molecule has 0 aromatic carbocycles. The molecule has 0 spiro atoms. The van der Waals surface area contributed by atoms with Gasteiger partial charge in [0.15, 0.2) is 10.7 Å². The van der Waals surface area contributed by atoms with Gasteiger partial charge in [0.2, 0.25) is 5.91 Å². The SMILES string of the molecule is C=CCNC(=O)CSc1nc2cn(CC)nc2c(=O)n1CCC. The fraction of sp³-hybridized carbons (Fsp3) is 0.467. The van der Waals surface area contributed by atoms with Gasteiger partial charge in [0, 0.05) is 19.6 Å². The number of hydrogen-bond acceptors (Lipinski definition) is 5. The highest BCUT2D eigenvalue weighted by Gasteiger charge is 2.15. The van der Waals surface area contributed by atoms with Gasteiger partial charge in [-0.2, -0.15) is 5.10 Å². The smallest absolute Gasteiger partial charge is 0.282 e. The van der Waals surface area contributed by atoms with Gasteiger partial charge in [-0.05, 0) is 13.3 Å². The molecule has 7 nitrogen and oxygen atoms in total. The van der Waals surface area contributed by atoms with Crippen molar-refractivity contribution in [2.75, 3.05) is 12.3 Å². The number of carbonyl (C=O) groups excluding carboxylic acids is 1. The maximum Gasteiger partial charge on any atom is 0.282 e. The molecule has 1 N–H and O–H groups in total. The molecule has 0 unspecified atom stereocenters. The van der Waals surface area contributed by atoms with E-state index >= 15 is 0 Å². The minimum absolute atomic E-state index is 0.114. The second-order valence-corrected chi connectivity index (χ2v) is 5.89. The lowest BCUT2D eigenvalue weighted by Gasteiger charge is -2.10. The van der Waals surface area contributed by atoms with Crippen LogP contribution in [0.4, 0.5) is 0 Å². The molecular weight excluding hydrogens is 314 g/mol. The van der Waals surface area contributed by atoms with Crippen LogP contribution in [0.5, 0.6) is 0 Å². The molecule has 2 heterocycles. The Kier molecular flexibility index (Phi) is 5.97. The Bertz CT molecular complexity index is 765. The van der Waals surface area contributed by atoms with Crippen molar-refractivity contribution in [2.45, 2.75) is 38.5 Å². The average molecular weight is 335 g/mol. The number of nitrogens with one attached hydrogen (secondary N) is 1. The summed E-state index contributed by atoms with van der Waals surface area (Å²) in [5.41, 5.74) is 0.789. The average Bonchev–Trinajstić information content (AvgIpc) is 2.97. The minimum atomic E-state index is -0.155. The van der Waals surface area contributed by atoms with E-state index in [1.165, 1.54) is 11.8 Å². The zero-order valence-electron chi connectivity index (χ0n) is 13.4. The molecule has 0 bridgehead atoms. The van der Waals surface area contributed by atoms with Crippen LogP contribution in [0.1, 0.15) is 20.3 Å². The number of amides is 1. The first-order chi connectivity index (χ1) is 11.1. The normalized spacial score (nSPS) is 10.9. The lowest BCUT2D eigenvalue weighted by molar-refractivity contribution is -0.118. The van der Waals surface area contributed by atoms with E-state index in [0.29, 0.717) is 35.8 Å². The van der Waals surface area contributed by atoms with Gasteiger partial charge in [0.1, 0.15) is 5.52 Å². The highest BCUT2D eigenvalue weighted by molar-refractivity contribution is 7.99. The summed E-state index contributed by atoms with van der Waals surface area (Å²) in [6.45, 7) is 9.16. The second kappa shape index (κ2) is 7.96. The molecule has 0 aliphatic heterocycles. The third-order valence-corrected chi connectivity index (χ3v) is 4.16. The van der Waals surface area contributed by atoms with Crippen molar-refractivity contribution >= 4 is 28.7 Å². The van der Waals surface area contributed by atoms with E-state index in [-0.39, 0.29) is 17.2 Å². The Balaban J connectivity index is 2.32. The van der Waals surface area contributed by atoms with Crippen LogP contribution in [0.25, 0.3) is 11.0 Å². The van der Waals surface area contributed by atoms with E-state index in [1.54, 1.807) is 21.5 Å². The molecule has 2 rings (SSSR count). The van der Waals surface area contributed by atoms with Crippen molar-refractivity contribution in [1.29, 1.82) is 0 Å². The van der Waals surface area contributed by atoms with Gasteiger partial charge < -0.3 is 5.32 Å². The molecule has 0 aliphatic carbocycles. The van der Waals surface area contributed by atoms with E-state index in [9.17, 15) is 9.59 Å².